The van der Waals surface area contributed by atoms with Crippen molar-refractivity contribution in [2.45, 2.75) is 63.3 Å². The van der Waals surface area contributed by atoms with E-state index in [9.17, 15) is 0 Å². The summed E-state index contributed by atoms with van der Waals surface area (Å²) < 4.78 is 1.97. The van der Waals surface area contributed by atoms with Crippen LogP contribution in [0.1, 0.15) is 57.2 Å². The molecule has 19 heavy (non-hydrogen) atoms. The molecular formula is C14H24ClN3S. The molecule has 1 unspecified atom stereocenters. The van der Waals surface area contributed by atoms with Gasteiger partial charge in [0.25, 0.3) is 0 Å². The fourth-order valence-corrected chi connectivity index (χ4v) is 4.27. The van der Waals surface area contributed by atoms with Crippen LogP contribution in [0, 0.1) is 0 Å². The Kier molecular flexibility index (Phi) is 6.05. The fourth-order valence-electron chi connectivity index (χ4n) is 2.68. The SMILES string of the molecule is CCCn1ncc(Cl)c1C(N)CSC1CCCCC1. The van der Waals surface area contributed by atoms with Crippen LogP contribution in [0.25, 0.3) is 0 Å². The van der Waals surface area contributed by atoms with Crippen LogP contribution in [-0.4, -0.2) is 20.8 Å². The molecular weight excluding hydrogens is 278 g/mol. The van der Waals surface area contributed by atoms with Gasteiger partial charge in [0.1, 0.15) is 0 Å². The summed E-state index contributed by atoms with van der Waals surface area (Å²) >= 11 is 8.24. The lowest BCUT2D eigenvalue weighted by Crippen LogP contribution is -2.21. The molecule has 1 aliphatic rings. The first-order valence-electron chi connectivity index (χ1n) is 7.30. The van der Waals surface area contributed by atoms with Gasteiger partial charge < -0.3 is 5.73 Å². The minimum absolute atomic E-state index is 0.00604. The minimum atomic E-state index is -0.00604. The molecule has 1 fully saturated rings. The van der Waals surface area contributed by atoms with Gasteiger partial charge in [-0.2, -0.15) is 16.9 Å². The molecule has 2 rings (SSSR count). The molecule has 2 N–H and O–H groups in total. The van der Waals surface area contributed by atoms with E-state index >= 15 is 0 Å². The molecule has 5 heteroatoms. The molecule has 1 aromatic rings. The standard InChI is InChI=1S/C14H24ClN3S/c1-2-8-18-14(12(15)9-17-18)13(16)10-19-11-6-4-3-5-7-11/h9,11,13H,2-8,10,16H2,1H3. The number of hydrogen-bond donors (Lipinski definition) is 1. The number of halogens is 1. The summed E-state index contributed by atoms with van der Waals surface area (Å²) in [5.74, 6) is 0.944. The van der Waals surface area contributed by atoms with E-state index < -0.39 is 0 Å². The van der Waals surface area contributed by atoms with Gasteiger partial charge in [-0.05, 0) is 19.3 Å². The smallest absolute Gasteiger partial charge is 0.0834 e. The van der Waals surface area contributed by atoms with Gasteiger partial charge in [0.2, 0.25) is 0 Å². The first-order chi connectivity index (χ1) is 9.22. The summed E-state index contributed by atoms with van der Waals surface area (Å²) in [6.07, 6.45) is 9.62. The van der Waals surface area contributed by atoms with Crippen molar-refractivity contribution in [3.05, 3.63) is 16.9 Å². The third kappa shape index (κ3) is 4.14. The van der Waals surface area contributed by atoms with Crippen LogP contribution in [-0.2, 0) is 6.54 Å². The van der Waals surface area contributed by atoms with Crippen LogP contribution in [0.3, 0.4) is 0 Å². The van der Waals surface area contributed by atoms with E-state index in [0.717, 1.165) is 29.7 Å². The lowest BCUT2D eigenvalue weighted by atomic mass is 10.0. The summed E-state index contributed by atoms with van der Waals surface area (Å²) in [4.78, 5) is 0. The molecule has 1 atom stereocenters. The van der Waals surface area contributed by atoms with E-state index in [1.165, 1.54) is 32.1 Å². The molecule has 0 aliphatic heterocycles. The van der Waals surface area contributed by atoms with Crippen LogP contribution in [0.4, 0.5) is 0 Å². The Balaban J connectivity index is 1.91. The second-order valence-electron chi connectivity index (χ2n) is 5.30. The second kappa shape index (κ2) is 7.55. The highest BCUT2D eigenvalue weighted by Gasteiger charge is 2.20. The second-order valence-corrected chi connectivity index (χ2v) is 7.04. The maximum Gasteiger partial charge on any atom is 0.0834 e. The van der Waals surface area contributed by atoms with Gasteiger partial charge in [-0.3, -0.25) is 4.68 Å². The summed E-state index contributed by atoms with van der Waals surface area (Å²) in [6, 6.07) is -0.00604. The van der Waals surface area contributed by atoms with Crippen molar-refractivity contribution < 1.29 is 0 Å². The van der Waals surface area contributed by atoms with Crippen LogP contribution in [0.2, 0.25) is 5.02 Å². The van der Waals surface area contributed by atoms with Crippen molar-refractivity contribution in [2.75, 3.05) is 5.75 Å². The van der Waals surface area contributed by atoms with Crippen LogP contribution < -0.4 is 5.73 Å². The van der Waals surface area contributed by atoms with Crippen molar-refractivity contribution in [1.82, 2.24) is 9.78 Å². The normalized spacial score (nSPS) is 18.7. The van der Waals surface area contributed by atoms with Gasteiger partial charge in [-0.15, -0.1) is 0 Å². The summed E-state index contributed by atoms with van der Waals surface area (Å²) in [5.41, 5.74) is 7.33. The fraction of sp³-hybridized carbons (Fsp3) is 0.786. The number of thioether (sulfide) groups is 1. The Morgan fingerprint density at radius 3 is 2.89 bits per heavy atom. The maximum absolute atomic E-state index is 6.32. The summed E-state index contributed by atoms with van der Waals surface area (Å²) in [6.45, 7) is 3.03. The Labute approximate surface area is 125 Å². The number of nitrogens with two attached hydrogens (primary N) is 1. The van der Waals surface area contributed by atoms with E-state index in [2.05, 4.69) is 12.0 Å². The zero-order valence-corrected chi connectivity index (χ0v) is 13.2. The summed E-state index contributed by atoms with van der Waals surface area (Å²) in [7, 11) is 0. The number of aryl methyl sites for hydroxylation is 1. The van der Waals surface area contributed by atoms with Gasteiger partial charge in [0.05, 0.1) is 23.0 Å². The number of aromatic nitrogens is 2. The molecule has 3 nitrogen and oxygen atoms in total. The van der Waals surface area contributed by atoms with Crippen LogP contribution in [0.5, 0.6) is 0 Å². The predicted octanol–water partition coefficient (Wildman–Crippen LogP) is 4.01. The van der Waals surface area contributed by atoms with E-state index in [1.807, 2.05) is 16.4 Å². The molecule has 0 spiro atoms. The number of rotatable bonds is 6. The van der Waals surface area contributed by atoms with Crippen LogP contribution >= 0.6 is 23.4 Å². The highest BCUT2D eigenvalue weighted by Crippen LogP contribution is 2.31. The van der Waals surface area contributed by atoms with Crippen molar-refractivity contribution >= 4 is 23.4 Å². The summed E-state index contributed by atoms with van der Waals surface area (Å²) in [5, 5.41) is 5.82. The van der Waals surface area contributed by atoms with Gasteiger partial charge in [-0.25, -0.2) is 0 Å². The van der Waals surface area contributed by atoms with Crippen molar-refractivity contribution in [3.63, 3.8) is 0 Å². The van der Waals surface area contributed by atoms with Gasteiger partial charge in [-0.1, -0.05) is 37.8 Å². The predicted molar refractivity (Wildman–Crippen MR) is 83.8 cm³/mol. The topological polar surface area (TPSA) is 43.8 Å². The Morgan fingerprint density at radius 2 is 2.21 bits per heavy atom. The zero-order valence-electron chi connectivity index (χ0n) is 11.6. The monoisotopic (exact) mass is 301 g/mol. The molecule has 0 saturated heterocycles. The van der Waals surface area contributed by atoms with E-state index in [0.29, 0.717) is 5.02 Å². The van der Waals surface area contributed by atoms with E-state index in [4.69, 9.17) is 17.3 Å². The van der Waals surface area contributed by atoms with E-state index in [-0.39, 0.29) is 6.04 Å². The van der Waals surface area contributed by atoms with Gasteiger partial charge >= 0.3 is 0 Å². The molecule has 108 valence electrons. The van der Waals surface area contributed by atoms with Crippen molar-refractivity contribution in [1.29, 1.82) is 0 Å². The third-order valence-corrected chi connectivity index (χ3v) is 5.47. The lowest BCUT2D eigenvalue weighted by Gasteiger charge is -2.23. The molecule has 0 bridgehead atoms. The highest BCUT2D eigenvalue weighted by atomic mass is 35.5. The quantitative estimate of drug-likeness (QED) is 0.863. The molecule has 1 saturated carbocycles. The largest absolute Gasteiger partial charge is 0.322 e. The third-order valence-electron chi connectivity index (χ3n) is 3.68. The molecule has 1 aromatic heterocycles. The molecule has 1 aliphatic carbocycles. The maximum atomic E-state index is 6.32. The molecule has 0 aromatic carbocycles. The molecule has 0 amide bonds. The van der Waals surface area contributed by atoms with Crippen molar-refractivity contribution in [3.8, 4) is 0 Å². The number of nitrogens with zero attached hydrogens (tertiary/aromatic N) is 2. The highest BCUT2D eigenvalue weighted by molar-refractivity contribution is 7.99. The van der Waals surface area contributed by atoms with E-state index in [1.54, 1.807) is 6.20 Å². The first-order valence-corrected chi connectivity index (χ1v) is 8.73. The average molecular weight is 302 g/mol. The van der Waals surface area contributed by atoms with Gasteiger partial charge in [0, 0.05) is 17.5 Å². The zero-order chi connectivity index (χ0) is 13.7. The Bertz CT molecular complexity index is 388. The number of hydrogen-bond acceptors (Lipinski definition) is 3. The van der Waals surface area contributed by atoms with Gasteiger partial charge in [0.15, 0.2) is 0 Å². The average Bonchev–Trinajstić information content (AvgIpc) is 2.79. The Morgan fingerprint density at radius 1 is 1.47 bits per heavy atom. The van der Waals surface area contributed by atoms with Crippen LogP contribution in [0.15, 0.2) is 6.20 Å². The first kappa shape index (κ1) is 15.2. The lowest BCUT2D eigenvalue weighted by molar-refractivity contribution is 0.514. The minimum Gasteiger partial charge on any atom is -0.322 e. The Hall–Kier alpha value is -0.190. The van der Waals surface area contributed by atoms with Crippen molar-refractivity contribution in [2.24, 2.45) is 5.73 Å². The molecule has 0 radical (unpaired) electrons. The molecule has 1 heterocycles.